The molecule has 2 heterocycles. The SMILES string of the molecule is CCCn1ncc(CNC2CC(C)(C)Cc3c2cnn3-c2ccc(OC)cc2)c1C. The molecule has 0 fully saturated rings. The summed E-state index contributed by atoms with van der Waals surface area (Å²) in [4.78, 5) is 0. The molecule has 1 unspecified atom stereocenters. The van der Waals surface area contributed by atoms with Crippen molar-refractivity contribution >= 4 is 0 Å². The number of nitrogens with one attached hydrogen (secondary N) is 1. The molecule has 2 aromatic heterocycles. The van der Waals surface area contributed by atoms with Crippen molar-refractivity contribution in [2.24, 2.45) is 5.41 Å². The van der Waals surface area contributed by atoms with E-state index in [4.69, 9.17) is 9.84 Å². The average Bonchev–Trinajstić information content (AvgIpc) is 3.29. The highest BCUT2D eigenvalue weighted by atomic mass is 16.5. The largest absolute Gasteiger partial charge is 0.497 e. The van der Waals surface area contributed by atoms with Gasteiger partial charge in [0.1, 0.15) is 5.75 Å². The van der Waals surface area contributed by atoms with Gasteiger partial charge in [-0.1, -0.05) is 20.8 Å². The molecule has 0 saturated carbocycles. The van der Waals surface area contributed by atoms with Crippen molar-refractivity contribution in [1.29, 1.82) is 0 Å². The molecule has 0 radical (unpaired) electrons. The zero-order valence-corrected chi connectivity index (χ0v) is 18.8. The molecule has 4 rings (SSSR count). The molecule has 0 saturated heterocycles. The van der Waals surface area contributed by atoms with Crippen LogP contribution in [0.25, 0.3) is 5.69 Å². The van der Waals surface area contributed by atoms with Crippen LogP contribution < -0.4 is 10.1 Å². The monoisotopic (exact) mass is 407 g/mol. The van der Waals surface area contributed by atoms with Crippen LogP contribution in [-0.2, 0) is 19.5 Å². The van der Waals surface area contributed by atoms with Gasteiger partial charge in [0.25, 0.3) is 0 Å². The topological polar surface area (TPSA) is 56.9 Å². The first-order valence-corrected chi connectivity index (χ1v) is 10.9. The lowest BCUT2D eigenvalue weighted by molar-refractivity contribution is 0.252. The average molecular weight is 408 g/mol. The van der Waals surface area contributed by atoms with E-state index >= 15 is 0 Å². The molecular formula is C24H33N5O. The lowest BCUT2D eigenvalue weighted by Crippen LogP contribution is -2.33. The van der Waals surface area contributed by atoms with Gasteiger partial charge < -0.3 is 10.1 Å². The molecule has 0 aliphatic heterocycles. The van der Waals surface area contributed by atoms with Crippen molar-refractivity contribution < 1.29 is 4.74 Å². The van der Waals surface area contributed by atoms with E-state index in [1.54, 1.807) is 7.11 Å². The minimum Gasteiger partial charge on any atom is -0.497 e. The summed E-state index contributed by atoms with van der Waals surface area (Å²) < 4.78 is 9.50. The summed E-state index contributed by atoms with van der Waals surface area (Å²) in [5, 5.41) is 13.1. The summed E-state index contributed by atoms with van der Waals surface area (Å²) in [5.41, 5.74) is 6.42. The predicted molar refractivity (Wildman–Crippen MR) is 119 cm³/mol. The van der Waals surface area contributed by atoms with Crippen LogP contribution in [0.15, 0.2) is 36.7 Å². The molecule has 1 aliphatic rings. The molecule has 30 heavy (non-hydrogen) atoms. The van der Waals surface area contributed by atoms with Gasteiger partial charge in [0.2, 0.25) is 0 Å². The van der Waals surface area contributed by atoms with Crippen LogP contribution in [0.4, 0.5) is 0 Å². The molecule has 160 valence electrons. The molecule has 0 spiro atoms. The Balaban J connectivity index is 1.58. The zero-order valence-electron chi connectivity index (χ0n) is 18.8. The first kappa shape index (κ1) is 20.7. The van der Waals surface area contributed by atoms with E-state index in [2.05, 4.69) is 59.6 Å². The molecule has 1 atom stereocenters. The second kappa shape index (κ2) is 8.26. The quantitative estimate of drug-likeness (QED) is 0.622. The van der Waals surface area contributed by atoms with Crippen LogP contribution >= 0.6 is 0 Å². The first-order chi connectivity index (χ1) is 14.4. The summed E-state index contributed by atoms with van der Waals surface area (Å²) in [6.07, 6.45) is 7.25. The fourth-order valence-electron chi connectivity index (χ4n) is 4.50. The molecular weight excluding hydrogens is 374 g/mol. The lowest BCUT2D eigenvalue weighted by atomic mass is 9.74. The van der Waals surface area contributed by atoms with Gasteiger partial charge >= 0.3 is 0 Å². The Hall–Kier alpha value is -2.60. The highest BCUT2D eigenvalue weighted by Crippen LogP contribution is 2.41. The third-order valence-electron chi connectivity index (χ3n) is 6.18. The van der Waals surface area contributed by atoms with Crippen LogP contribution in [0.1, 0.15) is 62.2 Å². The van der Waals surface area contributed by atoms with Gasteiger partial charge in [-0.15, -0.1) is 0 Å². The number of aryl methyl sites for hydroxylation is 1. The normalized spacial score (nSPS) is 17.7. The molecule has 6 nitrogen and oxygen atoms in total. The Morgan fingerprint density at radius 2 is 1.93 bits per heavy atom. The van der Waals surface area contributed by atoms with E-state index in [-0.39, 0.29) is 11.5 Å². The van der Waals surface area contributed by atoms with Crippen molar-refractivity contribution in [3.05, 3.63) is 59.2 Å². The van der Waals surface area contributed by atoms with Gasteiger partial charge in [0, 0.05) is 41.6 Å². The van der Waals surface area contributed by atoms with E-state index in [1.165, 1.54) is 22.5 Å². The summed E-state index contributed by atoms with van der Waals surface area (Å²) >= 11 is 0. The Bertz CT molecular complexity index is 999. The lowest BCUT2D eigenvalue weighted by Gasteiger charge is -2.36. The predicted octanol–water partition coefficient (Wildman–Crippen LogP) is 4.60. The number of rotatable bonds is 7. The third kappa shape index (κ3) is 4.01. The van der Waals surface area contributed by atoms with Gasteiger partial charge in [-0.2, -0.15) is 10.2 Å². The second-order valence-corrected chi connectivity index (χ2v) is 9.11. The van der Waals surface area contributed by atoms with Gasteiger partial charge in [-0.3, -0.25) is 4.68 Å². The maximum absolute atomic E-state index is 5.30. The van der Waals surface area contributed by atoms with Gasteiger partial charge in [-0.05, 0) is 55.9 Å². The van der Waals surface area contributed by atoms with Crippen LogP contribution in [0.2, 0.25) is 0 Å². The zero-order chi connectivity index (χ0) is 21.3. The van der Waals surface area contributed by atoms with E-state index < -0.39 is 0 Å². The molecule has 1 aliphatic carbocycles. The maximum atomic E-state index is 5.30. The van der Waals surface area contributed by atoms with Crippen LogP contribution in [-0.4, -0.2) is 26.7 Å². The summed E-state index contributed by atoms with van der Waals surface area (Å²) in [6, 6.07) is 8.40. The van der Waals surface area contributed by atoms with E-state index in [0.29, 0.717) is 0 Å². The number of hydrogen-bond donors (Lipinski definition) is 1. The Kier molecular flexibility index (Phi) is 5.69. The number of aromatic nitrogens is 4. The molecule has 6 heteroatoms. The molecule has 1 N–H and O–H groups in total. The van der Waals surface area contributed by atoms with E-state index in [0.717, 1.165) is 43.8 Å². The van der Waals surface area contributed by atoms with Crippen molar-refractivity contribution in [2.45, 2.75) is 66.1 Å². The number of methoxy groups -OCH3 is 1. The van der Waals surface area contributed by atoms with Crippen LogP contribution in [0.5, 0.6) is 5.75 Å². The van der Waals surface area contributed by atoms with Gasteiger partial charge in [-0.25, -0.2) is 4.68 Å². The minimum absolute atomic E-state index is 0.205. The summed E-state index contributed by atoms with van der Waals surface area (Å²) in [5.74, 6) is 0.860. The highest BCUT2D eigenvalue weighted by molar-refractivity contribution is 5.41. The first-order valence-electron chi connectivity index (χ1n) is 10.9. The molecule has 0 amide bonds. The Labute approximate surface area is 179 Å². The number of ether oxygens (including phenoxy) is 1. The maximum Gasteiger partial charge on any atom is 0.119 e. The Morgan fingerprint density at radius 1 is 1.17 bits per heavy atom. The third-order valence-corrected chi connectivity index (χ3v) is 6.18. The highest BCUT2D eigenvalue weighted by Gasteiger charge is 2.35. The van der Waals surface area contributed by atoms with Crippen molar-refractivity contribution in [3.8, 4) is 11.4 Å². The van der Waals surface area contributed by atoms with Gasteiger partial charge in [0.05, 0.1) is 25.2 Å². The van der Waals surface area contributed by atoms with Crippen LogP contribution in [0.3, 0.4) is 0 Å². The fourth-order valence-corrected chi connectivity index (χ4v) is 4.50. The molecule has 1 aromatic carbocycles. The number of nitrogens with zero attached hydrogens (tertiary/aromatic N) is 4. The molecule has 3 aromatic rings. The standard InChI is InChI=1S/C24H33N5O/c1-6-11-28-17(2)18(15-26-28)14-25-22-12-24(3,4)13-23-21(22)16-27-29(23)19-7-9-20(30-5)10-8-19/h7-10,15-16,22,25H,6,11-14H2,1-5H3. The van der Waals surface area contributed by atoms with Crippen molar-refractivity contribution in [2.75, 3.05) is 7.11 Å². The molecule has 0 bridgehead atoms. The summed E-state index contributed by atoms with van der Waals surface area (Å²) in [7, 11) is 1.69. The number of fused-ring (bicyclic) bond motifs is 1. The fraction of sp³-hybridized carbons (Fsp3) is 0.500. The minimum atomic E-state index is 0.205. The number of hydrogen-bond acceptors (Lipinski definition) is 4. The van der Waals surface area contributed by atoms with Crippen molar-refractivity contribution in [3.63, 3.8) is 0 Å². The Morgan fingerprint density at radius 3 is 2.63 bits per heavy atom. The smallest absolute Gasteiger partial charge is 0.119 e. The van der Waals surface area contributed by atoms with Crippen LogP contribution in [0, 0.1) is 12.3 Å². The summed E-state index contributed by atoms with van der Waals surface area (Å²) in [6.45, 7) is 10.8. The van der Waals surface area contributed by atoms with E-state index in [9.17, 15) is 0 Å². The number of benzene rings is 1. The van der Waals surface area contributed by atoms with Crippen molar-refractivity contribution in [1.82, 2.24) is 24.9 Å². The second-order valence-electron chi connectivity index (χ2n) is 9.11. The van der Waals surface area contributed by atoms with Gasteiger partial charge in [0.15, 0.2) is 0 Å². The van der Waals surface area contributed by atoms with E-state index in [1.807, 2.05) is 24.5 Å².